The number of unbranched alkanes of at least 4 members (excludes halogenated alkanes) is 1. The highest BCUT2D eigenvalue weighted by Crippen LogP contribution is 2.16. The van der Waals surface area contributed by atoms with Crippen LogP contribution < -0.4 is 0 Å². The zero-order valence-electron chi connectivity index (χ0n) is 11.6. The molecule has 0 bridgehead atoms. The second-order valence-corrected chi connectivity index (χ2v) is 4.69. The zero-order chi connectivity index (χ0) is 13.2. The highest BCUT2D eigenvalue weighted by Gasteiger charge is 2.06. The lowest BCUT2D eigenvalue weighted by molar-refractivity contribution is 0.0982. The van der Waals surface area contributed by atoms with Gasteiger partial charge in [0.15, 0.2) is 5.78 Å². The summed E-state index contributed by atoms with van der Waals surface area (Å²) in [6, 6.07) is 9.59. The minimum Gasteiger partial charge on any atom is -0.294 e. The van der Waals surface area contributed by atoms with Gasteiger partial charge in [-0.3, -0.25) is 4.79 Å². The molecule has 0 aliphatic heterocycles. The molecule has 0 aliphatic carbocycles. The summed E-state index contributed by atoms with van der Waals surface area (Å²) in [5.41, 5.74) is 2.28. The van der Waals surface area contributed by atoms with E-state index in [1.54, 1.807) is 0 Å². The summed E-state index contributed by atoms with van der Waals surface area (Å²) in [5, 5.41) is 0. The number of Topliss-reactive ketones (excluding diaryl/α,β-unsaturated/α-hetero) is 1. The van der Waals surface area contributed by atoms with Crippen LogP contribution in [0.1, 0.15) is 62.7 Å². The quantitative estimate of drug-likeness (QED) is 0.455. The number of hydrogen-bond acceptors (Lipinski definition) is 1. The number of hydrogen-bond donors (Lipinski definition) is 0. The average molecular weight is 244 g/mol. The highest BCUT2D eigenvalue weighted by atomic mass is 16.1. The van der Waals surface area contributed by atoms with E-state index in [0.29, 0.717) is 6.42 Å². The Hall–Kier alpha value is -1.37. The first-order valence-electron chi connectivity index (χ1n) is 7.04. The number of carbonyl (C=O) groups excluding carboxylic acids is 1. The summed E-state index contributed by atoms with van der Waals surface area (Å²) < 4.78 is 0. The van der Waals surface area contributed by atoms with Gasteiger partial charge < -0.3 is 0 Å². The maximum absolute atomic E-state index is 12.0. The van der Waals surface area contributed by atoms with Gasteiger partial charge in [-0.1, -0.05) is 68.7 Å². The molecule has 1 nitrogen and oxygen atoms in total. The largest absolute Gasteiger partial charge is 0.294 e. The van der Waals surface area contributed by atoms with E-state index in [-0.39, 0.29) is 5.78 Å². The molecule has 0 unspecified atom stereocenters. The van der Waals surface area contributed by atoms with Crippen LogP contribution in [0.4, 0.5) is 0 Å². The molecular formula is C17H24O. The molecule has 0 amide bonds. The molecule has 98 valence electrons. The molecule has 1 aromatic carbocycles. The first kappa shape index (κ1) is 14.7. The monoisotopic (exact) mass is 244 g/mol. The lowest BCUT2D eigenvalue weighted by Crippen LogP contribution is -1.99. The van der Waals surface area contributed by atoms with E-state index < -0.39 is 0 Å². The van der Waals surface area contributed by atoms with E-state index in [9.17, 15) is 4.79 Å². The summed E-state index contributed by atoms with van der Waals surface area (Å²) in [5.74, 6) is 0.258. The third-order valence-corrected chi connectivity index (χ3v) is 3.06. The topological polar surface area (TPSA) is 17.1 Å². The Kier molecular flexibility index (Phi) is 7.09. The molecule has 18 heavy (non-hydrogen) atoms. The van der Waals surface area contributed by atoms with E-state index in [2.05, 4.69) is 19.9 Å². The molecule has 0 aliphatic rings. The lowest BCUT2D eigenvalue weighted by atomic mass is 9.99. The summed E-state index contributed by atoms with van der Waals surface area (Å²) in [4.78, 5) is 12.0. The van der Waals surface area contributed by atoms with Gasteiger partial charge in [0.2, 0.25) is 0 Å². The fraction of sp³-hybridized carbons (Fsp3) is 0.471. The molecule has 1 aromatic rings. The van der Waals surface area contributed by atoms with Crippen LogP contribution in [-0.2, 0) is 0 Å². The van der Waals surface area contributed by atoms with Gasteiger partial charge in [0.25, 0.3) is 0 Å². The summed E-state index contributed by atoms with van der Waals surface area (Å²) in [7, 11) is 0. The fourth-order valence-electron chi connectivity index (χ4n) is 2.04. The summed E-state index contributed by atoms with van der Waals surface area (Å²) in [6.45, 7) is 4.38. The van der Waals surface area contributed by atoms with Crippen LogP contribution in [-0.4, -0.2) is 5.78 Å². The second kappa shape index (κ2) is 8.68. The third kappa shape index (κ3) is 5.31. The zero-order valence-corrected chi connectivity index (χ0v) is 11.6. The van der Waals surface area contributed by atoms with Gasteiger partial charge in [0, 0.05) is 12.0 Å². The van der Waals surface area contributed by atoms with E-state index in [1.807, 2.05) is 30.3 Å². The molecular weight excluding hydrogens is 220 g/mol. The van der Waals surface area contributed by atoms with E-state index in [0.717, 1.165) is 31.2 Å². The van der Waals surface area contributed by atoms with Crippen molar-refractivity contribution >= 4 is 5.78 Å². The van der Waals surface area contributed by atoms with Crippen LogP contribution in [0.15, 0.2) is 42.0 Å². The lowest BCUT2D eigenvalue weighted by Gasteiger charge is -2.06. The van der Waals surface area contributed by atoms with Gasteiger partial charge in [0.05, 0.1) is 0 Å². The molecule has 0 atom stereocenters. The van der Waals surface area contributed by atoms with Crippen molar-refractivity contribution in [1.29, 1.82) is 0 Å². The summed E-state index contributed by atoms with van der Waals surface area (Å²) >= 11 is 0. The van der Waals surface area contributed by atoms with Crippen molar-refractivity contribution in [2.24, 2.45) is 0 Å². The smallest absolute Gasteiger partial charge is 0.163 e. The van der Waals surface area contributed by atoms with Crippen LogP contribution in [0.3, 0.4) is 0 Å². The van der Waals surface area contributed by atoms with Crippen molar-refractivity contribution in [1.82, 2.24) is 0 Å². The van der Waals surface area contributed by atoms with Crippen LogP contribution in [0, 0.1) is 0 Å². The highest BCUT2D eigenvalue weighted by molar-refractivity contribution is 5.96. The standard InChI is InChI=1S/C17H24O/c1-3-5-10-15(9-4-2)13-14-17(18)16-11-7-6-8-12-16/h6-8,10-12H,3-5,9,13-14H2,1-2H3/b15-10+. The van der Waals surface area contributed by atoms with Crippen LogP contribution in [0.2, 0.25) is 0 Å². The summed E-state index contributed by atoms with van der Waals surface area (Å²) in [6.07, 6.45) is 8.48. The molecule has 0 N–H and O–H groups in total. The van der Waals surface area contributed by atoms with Gasteiger partial charge in [0.1, 0.15) is 0 Å². The van der Waals surface area contributed by atoms with Crippen molar-refractivity contribution in [2.45, 2.75) is 52.4 Å². The van der Waals surface area contributed by atoms with Crippen LogP contribution in [0.25, 0.3) is 0 Å². The number of ketones is 1. The van der Waals surface area contributed by atoms with Crippen LogP contribution in [0.5, 0.6) is 0 Å². The number of carbonyl (C=O) groups is 1. The normalized spacial score (nSPS) is 11.6. The molecule has 1 rings (SSSR count). The Morgan fingerprint density at radius 1 is 1.00 bits per heavy atom. The molecule has 1 heteroatoms. The van der Waals surface area contributed by atoms with Gasteiger partial charge in [-0.05, 0) is 19.3 Å². The molecule has 0 radical (unpaired) electrons. The van der Waals surface area contributed by atoms with Crippen molar-refractivity contribution in [2.75, 3.05) is 0 Å². The minimum atomic E-state index is 0.258. The van der Waals surface area contributed by atoms with Gasteiger partial charge in [-0.25, -0.2) is 0 Å². The first-order valence-corrected chi connectivity index (χ1v) is 7.04. The number of benzene rings is 1. The SMILES string of the molecule is CCC/C=C(\CCC)CCC(=O)c1ccccc1. The molecule has 0 saturated carbocycles. The third-order valence-electron chi connectivity index (χ3n) is 3.06. The Bertz CT molecular complexity index is 376. The average Bonchev–Trinajstić information content (AvgIpc) is 2.42. The van der Waals surface area contributed by atoms with Gasteiger partial charge in [-0.15, -0.1) is 0 Å². The number of allylic oxidation sites excluding steroid dienone is 2. The molecule has 0 aromatic heterocycles. The maximum Gasteiger partial charge on any atom is 0.163 e. The Labute approximate surface area is 111 Å². The van der Waals surface area contributed by atoms with E-state index >= 15 is 0 Å². The van der Waals surface area contributed by atoms with E-state index in [4.69, 9.17) is 0 Å². The predicted octanol–water partition coefficient (Wildman–Crippen LogP) is 5.18. The van der Waals surface area contributed by atoms with Crippen molar-refractivity contribution in [3.63, 3.8) is 0 Å². The van der Waals surface area contributed by atoms with Crippen LogP contribution >= 0.6 is 0 Å². The van der Waals surface area contributed by atoms with E-state index in [1.165, 1.54) is 12.0 Å². The molecule has 0 saturated heterocycles. The Morgan fingerprint density at radius 2 is 1.72 bits per heavy atom. The van der Waals surface area contributed by atoms with Gasteiger partial charge in [-0.2, -0.15) is 0 Å². The first-order chi connectivity index (χ1) is 8.77. The van der Waals surface area contributed by atoms with Crippen molar-refractivity contribution in [3.05, 3.63) is 47.5 Å². The second-order valence-electron chi connectivity index (χ2n) is 4.69. The predicted molar refractivity (Wildman–Crippen MR) is 77.9 cm³/mol. The van der Waals surface area contributed by atoms with Gasteiger partial charge >= 0.3 is 0 Å². The van der Waals surface area contributed by atoms with Crippen molar-refractivity contribution < 1.29 is 4.79 Å². The molecule has 0 fully saturated rings. The maximum atomic E-state index is 12.0. The minimum absolute atomic E-state index is 0.258. The fourth-order valence-corrected chi connectivity index (χ4v) is 2.04. The van der Waals surface area contributed by atoms with Crippen molar-refractivity contribution in [3.8, 4) is 0 Å². The molecule has 0 spiro atoms. The Balaban J connectivity index is 2.49. The number of rotatable bonds is 8. The Morgan fingerprint density at radius 3 is 2.33 bits per heavy atom. The molecule has 0 heterocycles.